The predicted octanol–water partition coefficient (Wildman–Crippen LogP) is 6.20. The van der Waals surface area contributed by atoms with Gasteiger partial charge < -0.3 is 5.32 Å². The molecule has 164 valence electrons. The number of rotatable bonds is 4. The van der Waals surface area contributed by atoms with Crippen LogP contribution in [0.5, 0.6) is 0 Å². The summed E-state index contributed by atoms with van der Waals surface area (Å²) in [6.07, 6.45) is 2.08. The molecule has 0 spiro atoms. The van der Waals surface area contributed by atoms with Crippen LogP contribution >= 0.6 is 23.2 Å². The van der Waals surface area contributed by atoms with Crippen molar-refractivity contribution >= 4 is 46.7 Å². The Kier molecular flexibility index (Phi) is 5.62. The van der Waals surface area contributed by atoms with Crippen LogP contribution in [-0.2, 0) is 0 Å². The van der Waals surface area contributed by atoms with Crippen molar-refractivity contribution in [3.63, 3.8) is 0 Å². The predicted molar refractivity (Wildman–Crippen MR) is 132 cm³/mol. The second-order valence-corrected chi connectivity index (χ2v) is 8.61. The number of nitrogens with zero attached hydrogens (tertiary/aromatic N) is 3. The first-order chi connectivity index (χ1) is 16.0. The van der Waals surface area contributed by atoms with Gasteiger partial charge in [-0.1, -0.05) is 65.2 Å². The molecule has 0 saturated carbocycles. The normalized spacial score (nSPS) is 14.8. The molecule has 2 heterocycles. The van der Waals surface area contributed by atoms with E-state index < -0.39 is 0 Å². The molecule has 2 N–H and O–H groups in total. The number of carbonyl (C=O) groups is 1. The van der Waals surface area contributed by atoms with Crippen molar-refractivity contribution in [3.8, 4) is 0 Å². The van der Waals surface area contributed by atoms with Crippen molar-refractivity contribution in [1.82, 2.24) is 14.8 Å². The molecule has 1 unspecified atom stereocenters. The fourth-order valence-corrected chi connectivity index (χ4v) is 3.87. The zero-order valence-electron chi connectivity index (χ0n) is 17.6. The fraction of sp³-hybridized carbons (Fsp3) is 0.0800. The first kappa shape index (κ1) is 21.2. The number of nitrogens with one attached hydrogen (secondary N) is 2. The number of benzene rings is 3. The quantitative estimate of drug-likeness (QED) is 0.368. The monoisotopic (exact) mass is 475 g/mol. The van der Waals surface area contributed by atoms with E-state index in [0.717, 1.165) is 16.8 Å². The number of carbonyl (C=O) groups excluding carboxylic acids is 1. The Morgan fingerprint density at radius 2 is 1.58 bits per heavy atom. The molecule has 0 saturated heterocycles. The van der Waals surface area contributed by atoms with E-state index in [1.54, 1.807) is 28.9 Å². The first-order valence-electron chi connectivity index (χ1n) is 10.3. The number of fused-ring (bicyclic) bond motifs is 1. The summed E-state index contributed by atoms with van der Waals surface area (Å²) in [5.74, 6) is 0.416. The van der Waals surface area contributed by atoms with E-state index in [4.69, 9.17) is 23.2 Å². The van der Waals surface area contributed by atoms with Gasteiger partial charge in [0.15, 0.2) is 0 Å². The Balaban J connectivity index is 1.50. The average Bonchev–Trinajstić information content (AvgIpc) is 3.22. The van der Waals surface area contributed by atoms with Crippen LogP contribution in [0, 0.1) is 6.92 Å². The molecule has 4 aromatic rings. The van der Waals surface area contributed by atoms with Crippen LogP contribution in [0.25, 0.3) is 5.70 Å². The van der Waals surface area contributed by atoms with Crippen LogP contribution in [0.3, 0.4) is 0 Å². The highest BCUT2D eigenvalue weighted by Crippen LogP contribution is 2.33. The van der Waals surface area contributed by atoms with Crippen molar-refractivity contribution in [2.45, 2.75) is 13.0 Å². The van der Waals surface area contributed by atoms with Gasteiger partial charge in [-0.15, -0.1) is 5.10 Å². The van der Waals surface area contributed by atoms with E-state index >= 15 is 0 Å². The van der Waals surface area contributed by atoms with Crippen molar-refractivity contribution in [2.75, 3.05) is 10.6 Å². The van der Waals surface area contributed by atoms with Gasteiger partial charge in [0.05, 0.1) is 0 Å². The highest BCUT2D eigenvalue weighted by molar-refractivity contribution is 6.30. The molecular weight excluding hydrogens is 457 g/mol. The lowest BCUT2D eigenvalue weighted by Crippen LogP contribution is -2.20. The van der Waals surface area contributed by atoms with Crippen LogP contribution in [-0.4, -0.2) is 20.7 Å². The maximum Gasteiger partial charge on any atom is 0.258 e. The van der Waals surface area contributed by atoms with Crippen LogP contribution in [0.2, 0.25) is 10.0 Å². The molecule has 0 bridgehead atoms. The zero-order valence-corrected chi connectivity index (χ0v) is 19.1. The smallest absolute Gasteiger partial charge is 0.258 e. The number of amides is 1. The van der Waals surface area contributed by atoms with Crippen molar-refractivity contribution in [1.29, 1.82) is 0 Å². The molecular formula is C25H19Cl2N5O. The molecule has 1 amide bonds. The summed E-state index contributed by atoms with van der Waals surface area (Å²) < 4.78 is 1.75. The highest BCUT2D eigenvalue weighted by atomic mass is 35.5. The Morgan fingerprint density at radius 3 is 2.24 bits per heavy atom. The summed E-state index contributed by atoms with van der Waals surface area (Å²) in [5.41, 5.74) is 4.57. The van der Waals surface area contributed by atoms with Gasteiger partial charge in [-0.2, -0.15) is 4.98 Å². The van der Waals surface area contributed by atoms with E-state index in [9.17, 15) is 4.79 Å². The summed E-state index contributed by atoms with van der Waals surface area (Å²) in [4.78, 5) is 17.2. The van der Waals surface area contributed by atoms with Crippen molar-refractivity contribution in [3.05, 3.63) is 111 Å². The standard InChI is InChI=1S/C25H19Cl2N5O/c1-15-2-4-16(5-3-15)21-14-22(17-6-10-19(26)11-7-17)32-25(28-21)30-24(31-32)29-23(33)18-8-12-20(27)13-9-18/h2-14,22H,1H3,(H2,28,29,30,31,33). The molecule has 1 aromatic heterocycles. The molecule has 3 aromatic carbocycles. The van der Waals surface area contributed by atoms with Gasteiger partial charge in [-0.05, 0) is 60.5 Å². The minimum absolute atomic E-state index is 0.204. The lowest BCUT2D eigenvalue weighted by atomic mass is 10.0. The van der Waals surface area contributed by atoms with Crippen LogP contribution in [0.1, 0.15) is 33.1 Å². The van der Waals surface area contributed by atoms with Gasteiger partial charge in [-0.3, -0.25) is 10.1 Å². The van der Waals surface area contributed by atoms with Gasteiger partial charge in [0.2, 0.25) is 5.95 Å². The van der Waals surface area contributed by atoms with Crippen LogP contribution in [0.15, 0.2) is 78.9 Å². The maximum absolute atomic E-state index is 12.7. The third-order valence-electron chi connectivity index (χ3n) is 5.37. The second kappa shape index (κ2) is 8.73. The second-order valence-electron chi connectivity index (χ2n) is 7.73. The molecule has 8 heteroatoms. The number of hydrogen-bond donors (Lipinski definition) is 2. The lowest BCUT2D eigenvalue weighted by Gasteiger charge is -2.24. The molecule has 1 aliphatic heterocycles. The maximum atomic E-state index is 12.7. The van der Waals surface area contributed by atoms with E-state index in [-0.39, 0.29) is 17.9 Å². The Morgan fingerprint density at radius 1 is 0.939 bits per heavy atom. The third kappa shape index (κ3) is 4.49. The minimum Gasteiger partial charge on any atom is -0.324 e. The fourth-order valence-electron chi connectivity index (χ4n) is 3.62. The van der Waals surface area contributed by atoms with E-state index in [0.29, 0.717) is 21.6 Å². The van der Waals surface area contributed by atoms with Crippen molar-refractivity contribution in [2.24, 2.45) is 0 Å². The van der Waals surface area contributed by atoms with Crippen LogP contribution < -0.4 is 10.6 Å². The van der Waals surface area contributed by atoms with Crippen molar-refractivity contribution < 1.29 is 4.79 Å². The van der Waals surface area contributed by atoms with E-state index in [2.05, 4.69) is 58.0 Å². The summed E-state index contributed by atoms with van der Waals surface area (Å²) in [6, 6.07) is 22.2. The Labute approximate surface area is 200 Å². The highest BCUT2D eigenvalue weighted by Gasteiger charge is 2.26. The first-order valence-corrected chi connectivity index (χ1v) is 11.1. The SMILES string of the molecule is Cc1ccc(C2=CC(c3ccc(Cl)cc3)n3nc(NC(=O)c4ccc(Cl)cc4)nc3N2)cc1. The summed E-state index contributed by atoms with van der Waals surface area (Å²) >= 11 is 12.0. The van der Waals surface area contributed by atoms with Gasteiger partial charge in [0.25, 0.3) is 11.9 Å². The molecule has 0 aliphatic carbocycles. The summed E-state index contributed by atoms with van der Waals surface area (Å²) in [6.45, 7) is 2.05. The number of hydrogen-bond acceptors (Lipinski definition) is 4. The topological polar surface area (TPSA) is 71.8 Å². The van der Waals surface area contributed by atoms with Crippen LogP contribution in [0.4, 0.5) is 11.9 Å². The molecule has 1 aliphatic rings. The van der Waals surface area contributed by atoms with E-state index in [1.165, 1.54) is 5.56 Å². The number of allylic oxidation sites excluding steroid dienone is 1. The minimum atomic E-state index is -0.315. The molecule has 1 atom stereocenters. The summed E-state index contributed by atoms with van der Waals surface area (Å²) in [7, 11) is 0. The number of aromatic nitrogens is 3. The number of aryl methyl sites for hydroxylation is 1. The largest absolute Gasteiger partial charge is 0.324 e. The summed E-state index contributed by atoms with van der Waals surface area (Å²) in [5, 5.41) is 11.9. The molecule has 5 rings (SSSR count). The zero-order chi connectivity index (χ0) is 22.9. The number of anilines is 2. The average molecular weight is 476 g/mol. The van der Waals surface area contributed by atoms with Gasteiger partial charge in [0.1, 0.15) is 6.04 Å². The number of halogens is 2. The molecule has 6 nitrogen and oxygen atoms in total. The van der Waals surface area contributed by atoms with Gasteiger partial charge in [0, 0.05) is 21.3 Å². The van der Waals surface area contributed by atoms with Gasteiger partial charge >= 0.3 is 0 Å². The molecule has 0 fully saturated rings. The van der Waals surface area contributed by atoms with E-state index in [1.807, 2.05) is 24.3 Å². The third-order valence-corrected chi connectivity index (χ3v) is 5.88. The Bertz CT molecular complexity index is 1340. The molecule has 33 heavy (non-hydrogen) atoms. The van der Waals surface area contributed by atoms with Gasteiger partial charge in [-0.25, -0.2) is 4.68 Å². The Hall–Kier alpha value is -3.61. The lowest BCUT2D eigenvalue weighted by molar-refractivity contribution is 0.102. The molecule has 0 radical (unpaired) electrons.